The Kier molecular flexibility index (Phi) is 5.45. The molecule has 0 spiro atoms. The number of nitrogens with zero attached hydrogens (tertiary/aromatic N) is 4. The molecular weight excluding hydrogens is 423 g/mol. The van der Waals surface area contributed by atoms with Crippen LogP contribution in [0.2, 0.25) is 0 Å². The highest BCUT2D eigenvalue weighted by atomic mass is 19.4. The van der Waals surface area contributed by atoms with Crippen molar-refractivity contribution in [2.45, 2.75) is 20.2 Å². The van der Waals surface area contributed by atoms with Gasteiger partial charge in [0, 0.05) is 48.5 Å². The minimum atomic E-state index is -4.78. The maximum atomic E-state index is 12.8. The highest BCUT2D eigenvalue weighted by molar-refractivity contribution is 6.05. The standard InChI is InChI=1S/C22H20F3N5O2/c1-21(2)11-30(12-21)19-18(15-8-26-13-27-9-15)7-14(10-28-19)20(31)29-16-3-5-17(6-4-16)32-22(23,24)25/h3-10,13H,11-12H2,1-2H3,(H,29,31). The van der Waals surface area contributed by atoms with Crippen LogP contribution in [0.1, 0.15) is 24.2 Å². The van der Waals surface area contributed by atoms with Gasteiger partial charge in [-0.15, -0.1) is 13.2 Å². The molecule has 1 aliphatic heterocycles. The summed E-state index contributed by atoms with van der Waals surface area (Å²) in [4.78, 5) is 27.5. The normalized spacial score (nSPS) is 15.1. The van der Waals surface area contributed by atoms with Crippen LogP contribution in [0.3, 0.4) is 0 Å². The topological polar surface area (TPSA) is 80.2 Å². The monoisotopic (exact) mass is 443 g/mol. The maximum Gasteiger partial charge on any atom is 0.573 e. The van der Waals surface area contributed by atoms with Gasteiger partial charge in [0.15, 0.2) is 0 Å². The lowest BCUT2D eigenvalue weighted by Crippen LogP contribution is -2.53. The molecule has 1 aliphatic rings. The van der Waals surface area contributed by atoms with E-state index in [1.54, 1.807) is 18.5 Å². The second-order valence-corrected chi connectivity index (χ2v) is 8.27. The molecule has 0 radical (unpaired) electrons. The molecule has 10 heteroatoms. The number of aromatic nitrogens is 3. The fourth-order valence-electron chi connectivity index (χ4n) is 3.56. The third kappa shape index (κ3) is 4.96. The van der Waals surface area contributed by atoms with Crippen LogP contribution >= 0.6 is 0 Å². The number of benzene rings is 1. The van der Waals surface area contributed by atoms with Crippen molar-refractivity contribution in [3.05, 3.63) is 60.8 Å². The molecule has 32 heavy (non-hydrogen) atoms. The van der Waals surface area contributed by atoms with E-state index in [4.69, 9.17) is 0 Å². The lowest BCUT2D eigenvalue weighted by atomic mass is 9.84. The third-order valence-electron chi connectivity index (χ3n) is 4.88. The predicted molar refractivity (Wildman–Crippen MR) is 112 cm³/mol. The van der Waals surface area contributed by atoms with Gasteiger partial charge in [-0.2, -0.15) is 0 Å². The SMILES string of the molecule is CC1(C)CN(c2ncc(C(=O)Nc3ccc(OC(F)(F)F)cc3)cc2-c2cncnc2)C1. The van der Waals surface area contributed by atoms with Crippen LogP contribution in [0, 0.1) is 5.41 Å². The number of carbonyl (C=O) groups excluding carboxylic acids is 1. The Hall–Kier alpha value is -3.69. The number of hydrogen-bond donors (Lipinski definition) is 1. The van der Waals surface area contributed by atoms with Crippen molar-refractivity contribution >= 4 is 17.4 Å². The smallest absolute Gasteiger partial charge is 0.406 e. The Morgan fingerprint density at radius 2 is 1.75 bits per heavy atom. The molecule has 0 atom stereocenters. The molecule has 1 N–H and O–H groups in total. The summed E-state index contributed by atoms with van der Waals surface area (Å²) in [6.07, 6.45) is 1.43. The molecular formula is C22H20F3N5O2. The van der Waals surface area contributed by atoms with E-state index < -0.39 is 12.3 Å². The second kappa shape index (κ2) is 8.10. The Labute approximate surface area is 182 Å². The maximum absolute atomic E-state index is 12.8. The van der Waals surface area contributed by atoms with Gasteiger partial charge < -0.3 is 15.0 Å². The van der Waals surface area contributed by atoms with Crippen molar-refractivity contribution in [3.8, 4) is 16.9 Å². The van der Waals surface area contributed by atoms with Crippen LogP contribution < -0.4 is 15.0 Å². The molecule has 7 nitrogen and oxygen atoms in total. The number of amides is 1. The summed E-state index contributed by atoms with van der Waals surface area (Å²) < 4.78 is 40.7. The number of ether oxygens (including phenoxy) is 1. The molecule has 3 aromatic rings. The van der Waals surface area contributed by atoms with E-state index in [-0.39, 0.29) is 11.2 Å². The summed E-state index contributed by atoms with van der Waals surface area (Å²) in [6.45, 7) is 6.00. The minimum absolute atomic E-state index is 0.185. The van der Waals surface area contributed by atoms with Gasteiger partial charge in [0.25, 0.3) is 5.91 Å². The first-order chi connectivity index (χ1) is 15.1. The van der Waals surface area contributed by atoms with Gasteiger partial charge in [-0.3, -0.25) is 4.79 Å². The van der Waals surface area contributed by atoms with Crippen LogP contribution in [0.4, 0.5) is 24.7 Å². The van der Waals surface area contributed by atoms with Crippen LogP contribution in [0.25, 0.3) is 11.1 Å². The average Bonchev–Trinajstić information content (AvgIpc) is 2.72. The first-order valence-electron chi connectivity index (χ1n) is 9.77. The van der Waals surface area contributed by atoms with Crippen LogP contribution in [-0.4, -0.2) is 40.3 Å². The third-order valence-corrected chi connectivity index (χ3v) is 4.88. The van der Waals surface area contributed by atoms with Crippen molar-refractivity contribution < 1.29 is 22.7 Å². The van der Waals surface area contributed by atoms with Gasteiger partial charge in [-0.25, -0.2) is 15.0 Å². The summed E-state index contributed by atoms with van der Waals surface area (Å²) in [5.74, 6) is -0.0785. The van der Waals surface area contributed by atoms with Crippen molar-refractivity contribution in [2.24, 2.45) is 5.41 Å². The van der Waals surface area contributed by atoms with E-state index in [2.05, 4.69) is 43.8 Å². The zero-order valence-electron chi connectivity index (χ0n) is 17.3. The quantitative estimate of drug-likeness (QED) is 0.624. The highest BCUT2D eigenvalue weighted by Gasteiger charge is 2.36. The highest BCUT2D eigenvalue weighted by Crippen LogP contribution is 2.38. The van der Waals surface area contributed by atoms with E-state index in [0.29, 0.717) is 11.3 Å². The van der Waals surface area contributed by atoms with E-state index in [0.717, 1.165) is 42.2 Å². The number of carbonyl (C=O) groups is 1. The van der Waals surface area contributed by atoms with Gasteiger partial charge in [0.05, 0.1) is 5.56 Å². The number of alkyl halides is 3. The number of halogens is 3. The van der Waals surface area contributed by atoms with Gasteiger partial charge in [0.1, 0.15) is 17.9 Å². The van der Waals surface area contributed by atoms with Gasteiger partial charge in [0.2, 0.25) is 0 Å². The molecule has 0 saturated carbocycles. The van der Waals surface area contributed by atoms with Crippen molar-refractivity contribution in [1.29, 1.82) is 0 Å². The number of rotatable bonds is 5. The largest absolute Gasteiger partial charge is 0.573 e. The lowest BCUT2D eigenvalue weighted by molar-refractivity contribution is -0.274. The molecule has 3 heterocycles. The molecule has 166 valence electrons. The van der Waals surface area contributed by atoms with E-state index in [1.807, 2.05) is 0 Å². The Balaban J connectivity index is 1.56. The van der Waals surface area contributed by atoms with Crippen LogP contribution in [0.5, 0.6) is 5.75 Å². The zero-order chi connectivity index (χ0) is 22.9. The Morgan fingerprint density at radius 1 is 1.09 bits per heavy atom. The summed E-state index contributed by atoms with van der Waals surface area (Å²) in [5.41, 5.74) is 2.25. The summed E-state index contributed by atoms with van der Waals surface area (Å²) in [5, 5.41) is 2.66. The summed E-state index contributed by atoms with van der Waals surface area (Å²) >= 11 is 0. The first kappa shape index (κ1) is 21.5. The van der Waals surface area contributed by atoms with Gasteiger partial charge in [-0.1, -0.05) is 13.8 Å². The fraction of sp³-hybridized carbons (Fsp3) is 0.273. The molecule has 4 rings (SSSR count). The van der Waals surface area contributed by atoms with Crippen LogP contribution in [0.15, 0.2) is 55.2 Å². The minimum Gasteiger partial charge on any atom is -0.406 e. The average molecular weight is 443 g/mol. The van der Waals surface area contributed by atoms with E-state index >= 15 is 0 Å². The fourth-order valence-corrected chi connectivity index (χ4v) is 3.56. The Bertz CT molecular complexity index is 1110. The number of pyridine rings is 1. The molecule has 1 saturated heterocycles. The molecule has 0 unspecified atom stereocenters. The molecule has 0 bridgehead atoms. The van der Waals surface area contributed by atoms with Crippen molar-refractivity contribution in [3.63, 3.8) is 0 Å². The number of hydrogen-bond acceptors (Lipinski definition) is 6. The molecule has 1 aromatic carbocycles. The second-order valence-electron chi connectivity index (χ2n) is 8.27. The zero-order valence-corrected chi connectivity index (χ0v) is 17.3. The molecule has 0 aliphatic carbocycles. The van der Waals surface area contributed by atoms with Gasteiger partial charge in [-0.05, 0) is 35.7 Å². The lowest BCUT2D eigenvalue weighted by Gasteiger charge is -2.47. The van der Waals surface area contributed by atoms with E-state index in [9.17, 15) is 18.0 Å². The molecule has 1 fully saturated rings. The van der Waals surface area contributed by atoms with Crippen molar-refractivity contribution in [1.82, 2.24) is 15.0 Å². The predicted octanol–water partition coefficient (Wildman–Crippen LogP) is 4.54. The van der Waals surface area contributed by atoms with Gasteiger partial charge >= 0.3 is 6.36 Å². The number of nitrogens with one attached hydrogen (secondary N) is 1. The first-order valence-corrected chi connectivity index (χ1v) is 9.77. The van der Waals surface area contributed by atoms with Crippen LogP contribution in [-0.2, 0) is 0 Å². The van der Waals surface area contributed by atoms with E-state index in [1.165, 1.54) is 24.7 Å². The van der Waals surface area contributed by atoms with Crippen molar-refractivity contribution in [2.75, 3.05) is 23.3 Å². The molecule has 1 amide bonds. The Morgan fingerprint density at radius 3 is 2.34 bits per heavy atom. The number of anilines is 2. The summed E-state index contributed by atoms with van der Waals surface area (Å²) in [7, 11) is 0. The summed E-state index contributed by atoms with van der Waals surface area (Å²) in [6, 6.07) is 6.62. The molecule has 2 aromatic heterocycles.